The van der Waals surface area contributed by atoms with Gasteiger partial charge in [-0.2, -0.15) is 0 Å². The van der Waals surface area contributed by atoms with Crippen molar-refractivity contribution in [2.45, 2.75) is 0 Å². The molecule has 270 valence electrons. The number of benzene rings is 10. The molecule has 0 aliphatic carbocycles. The van der Waals surface area contributed by atoms with Crippen molar-refractivity contribution in [3.05, 3.63) is 212 Å². The van der Waals surface area contributed by atoms with Crippen molar-refractivity contribution in [1.29, 1.82) is 0 Å². The molecule has 0 spiro atoms. The van der Waals surface area contributed by atoms with E-state index in [-0.39, 0.29) is 0 Å². The highest BCUT2D eigenvalue weighted by atomic mass is 15.0. The third-order valence-corrected chi connectivity index (χ3v) is 11.3. The molecule has 0 atom stereocenters. The number of rotatable bonds is 6. The van der Waals surface area contributed by atoms with Crippen LogP contribution in [-0.4, -0.2) is 15.0 Å². The van der Waals surface area contributed by atoms with Gasteiger partial charge in [0.05, 0.1) is 0 Å². The van der Waals surface area contributed by atoms with Crippen molar-refractivity contribution in [2.24, 2.45) is 0 Å². The van der Waals surface area contributed by atoms with Crippen LogP contribution < -0.4 is 0 Å². The molecule has 0 unspecified atom stereocenters. The first kappa shape index (κ1) is 33.6. The van der Waals surface area contributed by atoms with Crippen molar-refractivity contribution in [3.63, 3.8) is 0 Å². The van der Waals surface area contributed by atoms with Gasteiger partial charge in [0.25, 0.3) is 0 Å². The maximum atomic E-state index is 5.21. The second kappa shape index (κ2) is 14.1. The van der Waals surface area contributed by atoms with Crippen LogP contribution in [0.5, 0.6) is 0 Å². The Kier molecular flexibility index (Phi) is 8.15. The van der Waals surface area contributed by atoms with E-state index in [1.165, 1.54) is 49.0 Å². The maximum Gasteiger partial charge on any atom is 0.164 e. The maximum absolute atomic E-state index is 5.21. The number of hydrogen-bond acceptors (Lipinski definition) is 3. The molecule has 0 aliphatic rings. The van der Waals surface area contributed by atoms with Crippen molar-refractivity contribution >= 4 is 43.1 Å². The van der Waals surface area contributed by atoms with Crippen LogP contribution in [0.1, 0.15) is 0 Å². The summed E-state index contributed by atoms with van der Waals surface area (Å²) < 4.78 is 0. The molecule has 1 heterocycles. The van der Waals surface area contributed by atoms with Crippen LogP contribution in [0.15, 0.2) is 212 Å². The second-order valence-corrected chi connectivity index (χ2v) is 14.9. The van der Waals surface area contributed by atoms with Crippen molar-refractivity contribution in [3.8, 4) is 67.5 Å². The van der Waals surface area contributed by atoms with Crippen LogP contribution >= 0.6 is 0 Å². The van der Waals surface area contributed by atoms with Gasteiger partial charge in [-0.15, -0.1) is 0 Å². The van der Waals surface area contributed by atoms with Crippen LogP contribution in [-0.2, 0) is 0 Å². The SMILES string of the molecule is c1ccc2cc(-c3ccc(-c4nc(-c5ccc(-c6ccc7ccccc7c6)cc5)nc(-c5cccc6ccc(-c7ccc8ccccc8c7)cc56)n4)cc3)ccc2c1. The Morgan fingerprint density at radius 2 is 0.534 bits per heavy atom. The summed E-state index contributed by atoms with van der Waals surface area (Å²) in [7, 11) is 0. The molecule has 0 saturated heterocycles. The largest absolute Gasteiger partial charge is 0.208 e. The second-order valence-electron chi connectivity index (χ2n) is 14.9. The minimum atomic E-state index is 0.631. The topological polar surface area (TPSA) is 38.7 Å². The van der Waals surface area contributed by atoms with Gasteiger partial charge in [-0.1, -0.05) is 188 Å². The lowest BCUT2D eigenvalue weighted by Crippen LogP contribution is -2.00. The zero-order valence-corrected chi connectivity index (χ0v) is 31.5. The predicted octanol–water partition coefficient (Wildman–Crippen LogP) is 14.5. The summed E-state index contributed by atoms with van der Waals surface area (Å²) in [5, 5.41) is 9.58. The third-order valence-electron chi connectivity index (χ3n) is 11.3. The summed E-state index contributed by atoms with van der Waals surface area (Å²) in [6.45, 7) is 0. The number of aromatic nitrogens is 3. The Labute approximate surface area is 336 Å². The first-order valence-electron chi connectivity index (χ1n) is 19.7. The molecule has 1 aromatic heterocycles. The van der Waals surface area contributed by atoms with E-state index in [1.54, 1.807) is 0 Å². The van der Waals surface area contributed by atoms with Gasteiger partial charge in [0, 0.05) is 16.7 Å². The average Bonchev–Trinajstić information content (AvgIpc) is 3.30. The Morgan fingerprint density at radius 3 is 1.00 bits per heavy atom. The van der Waals surface area contributed by atoms with E-state index in [0.29, 0.717) is 17.5 Å². The van der Waals surface area contributed by atoms with E-state index in [4.69, 9.17) is 15.0 Å². The fourth-order valence-corrected chi connectivity index (χ4v) is 8.13. The van der Waals surface area contributed by atoms with Crippen molar-refractivity contribution in [1.82, 2.24) is 15.0 Å². The molecule has 11 rings (SSSR count). The monoisotopic (exact) mass is 737 g/mol. The van der Waals surface area contributed by atoms with Gasteiger partial charge >= 0.3 is 0 Å². The Morgan fingerprint density at radius 1 is 0.207 bits per heavy atom. The quantitative estimate of drug-likeness (QED) is 0.171. The zero-order chi connectivity index (χ0) is 38.4. The highest BCUT2D eigenvalue weighted by molar-refractivity contribution is 5.99. The highest BCUT2D eigenvalue weighted by Crippen LogP contribution is 2.35. The van der Waals surface area contributed by atoms with Crippen LogP contribution in [0.4, 0.5) is 0 Å². The average molecular weight is 738 g/mol. The lowest BCUT2D eigenvalue weighted by Gasteiger charge is -2.12. The van der Waals surface area contributed by atoms with Crippen molar-refractivity contribution < 1.29 is 0 Å². The molecular formula is C55H35N3. The number of nitrogens with zero attached hydrogens (tertiary/aromatic N) is 3. The van der Waals surface area contributed by atoms with Gasteiger partial charge in [0.15, 0.2) is 17.5 Å². The third kappa shape index (κ3) is 6.25. The summed E-state index contributed by atoms with van der Waals surface area (Å²) in [5.74, 6) is 1.90. The highest BCUT2D eigenvalue weighted by Gasteiger charge is 2.16. The standard InChI is InChI=1S/C55H35N3/c1-4-11-44-32-47(28-20-36(44)8-1)39-16-24-42(25-17-39)53-56-54(43-26-18-40(19-27-43)48-29-21-37-9-2-5-12-45(37)33-48)58-55(57-53)51-15-7-14-41-23-31-50(35-52(41)51)49-30-22-38-10-3-6-13-46(38)34-49/h1-35H. The van der Waals surface area contributed by atoms with Gasteiger partial charge in [-0.05, 0) is 101 Å². The molecule has 0 amide bonds. The Bertz CT molecular complexity index is 3190. The number of hydrogen-bond donors (Lipinski definition) is 0. The zero-order valence-electron chi connectivity index (χ0n) is 31.5. The van der Waals surface area contributed by atoms with Gasteiger partial charge in [0.2, 0.25) is 0 Å². The molecule has 0 bridgehead atoms. The van der Waals surface area contributed by atoms with Gasteiger partial charge < -0.3 is 0 Å². The summed E-state index contributed by atoms with van der Waals surface area (Å²) in [6, 6.07) is 75.5. The minimum Gasteiger partial charge on any atom is -0.208 e. The molecule has 11 aromatic rings. The van der Waals surface area contributed by atoms with Gasteiger partial charge in [-0.3, -0.25) is 0 Å². The van der Waals surface area contributed by atoms with E-state index >= 15 is 0 Å². The van der Waals surface area contributed by atoms with Crippen LogP contribution in [0.2, 0.25) is 0 Å². The van der Waals surface area contributed by atoms with Crippen molar-refractivity contribution in [2.75, 3.05) is 0 Å². The smallest absolute Gasteiger partial charge is 0.164 e. The molecule has 0 fully saturated rings. The molecule has 0 aliphatic heterocycles. The normalized spacial score (nSPS) is 11.4. The molecule has 0 N–H and O–H groups in total. The van der Waals surface area contributed by atoms with E-state index < -0.39 is 0 Å². The number of fused-ring (bicyclic) bond motifs is 4. The first-order chi connectivity index (χ1) is 28.7. The molecule has 58 heavy (non-hydrogen) atoms. The summed E-state index contributed by atoms with van der Waals surface area (Å²) >= 11 is 0. The lowest BCUT2D eigenvalue weighted by atomic mass is 9.96. The molecule has 0 saturated carbocycles. The fourth-order valence-electron chi connectivity index (χ4n) is 8.13. The predicted molar refractivity (Wildman–Crippen MR) is 242 cm³/mol. The van der Waals surface area contributed by atoms with E-state index in [1.807, 2.05) is 0 Å². The molecule has 3 heteroatoms. The van der Waals surface area contributed by atoms with E-state index in [9.17, 15) is 0 Å². The fraction of sp³-hybridized carbons (Fsp3) is 0. The van der Waals surface area contributed by atoms with Crippen LogP contribution in [0.3, 0.4) is 0 Å². The van der Waals surface area contributed by atoms with E-state index in [2.05, 4.69) is 212 Å². The Hall–Kier alpha value is -7.75. The molecule has 10 aromatic carbocycles. The lowest BCUT2D eigenvalue weighted by molar-refractivity contribution is 1.08. The minimum absolute atomic E-state index is 0.631. The van der Waals surface area contributed by atoms with Gasteiger partial charge in [-0.25, -0.2) is 15.0 Å². The summed E-state index contributed by atoms with van der Waals surface area (Å²) in [4.78, 5) is 15.6. The molecular weight excluding hydrogens is 703 g/mol. The van der Waals surface area contributed by atoms with Crippen LogP contribution in [0, 0.1) is 0 Å². The van der Waals surface area contributed by atoms with Crippen LogP contribution in [0.25, 0.3) is 111 Å². The van der Waals surface area contributed by atoms with E-state index in [0.717, 1.165) is 44.2 Å². The van der Waals surface area contributed by atoms with Gasteiger partial charge in [0.1, 0.15) is 0 Å². The molecule has 0 radical (unpaired) electrons. The molecule has 3 nitrogen and oxygen atoms in total. The first-order valence-corrected chi connectivity index (χ1v) is 19.7. The summed E-state index contributed by atoms with van der Waals surface area (Å²) in [6.07, 6.45) is 0. The summed E-state index contributed by atoms with van der Waals surface area (Å²) in [5.41, 5.74) is 9.77. The Balaban J connectivity index is 1.02.